The zero-order valence-electron chi connectivity index (χ0n) is 6.47. The lowest BCUT2D eigenvalue weighted by atomic mass is 10.1. The first-order valence-corrected chi connectivity index (χ1v) is 3.10. The molecule has 0 saturated carbocycles. The molecule has 0 spiro atoms. The smallest absolute Gasteiger partial charge is 0.335 e. The Labute approximate surface area is 60.1 Å². The van der Waals surface area contributed by atoms with Gasteiger partial charge in [-0.05, 0) is 20.8 Å². The van der Waals surface area contributed by atoms with E-state index in [1.165, 1.54) is 13.8 Å². The number of nitrogens with one attached hydrogen (secondary N) is 1. The van der Waals surface area contributed by atoms with E-state index >= 15 is 0 Å². The third-order valence-electron chi connectivity index (χ3n) is 1.05. The number of hydrogen-bond acceptors (Lipinski definition) is 4. The number of rotatable bonds is 3. The van der Waals surface area contributed by atoms with E-state index in [1.54, 1.807) is 6.92 Å². The maximum atomic E-state index is 10.9. The molecule has 0 radical (unpaired) electrons. The zero-order chi connectivity index (χ0) is 8.20. The molecule has 0 bridgehead atoms. The molecule has 0 aromatic heterocycles. The molecule has 0 aromatic carbocycles. The molecule has 0 heterocycles. The van der Waals surface area contributed by atoms with Crippen LogP contribution in [0.3, 0.4) is 0 Å². The number of ether oxygens (including phenoxy) is 1. The second-order valence-corrected chi connectivity index (χ2v) is 2.39. The molecule has 0 amide bonds. The van der Waals surface area contributed by atoms with E-state index in [0.29, 0.717) is 6.61 Å². The van der Waals surface area contributed by atoms with Crippen molar-refractivity contribution < 1.29 is 9.53 Å². The standard InChI is InChI=1S/C6H12N2O2/c1-4-10-5(9)6(2,3)8-7/h7H,4H2,1-3H3. The predicted molar refractivity (Wildman–Crippen MR) is 35.9 cm³/mol. The normalized spacial score (nSPS) is 10.7. The minimum absolute atomic E-state index is 0.331. The van der Waals surface area contributed by atoms with Crippen molar-refractivity contribution in [2.45, 2.75) is 26.3 Å². The average Bonchev–Trinajstić information content (AvgIpc) is 1.89. The summed E-state index contributed by atoms with van der Waals surface area (Å²) in [7, 11) is 0. The molecule has 4 heteroatoms. The molecule has 58 valence electrons. The molecule has 0 aromatic rings. The Hall–Kier alpha value is -0.930. The topological polar surface area (TPSA) is 62.5 Å². The summed E-state index contributed by atoms with van der Waals surface area (Å²) in [5.74, 6) is -0.454. The summed E-state index contributed by atoms with van der Waals surface area (Å²) in [5.41, 5.74) is 5.62. The molecule has 10 heavy (non-hydrogen) atoms. The first-order chi connectivity index (χ1) is 4.54. The summed E-state index contributed by atoms with van der Waals surface area (Å²) in [6, 6.07) is 0. The van der Waals surface area contributed by atoms with E-state index in [4.69, 9.17) is 5.53 Å². The molecule has 4 nitrogen and oxygen atoms in total. The Morgan fingerprint density at radius 3 is 2.50 bits per heavy atom. The second-order valence-electron chi connectivity index (χ2n) is 2.39. The SMILES string of the molecule is CCOC(=O)C(C)(C)N=N. The molecule has 0 rings (SSSR count). The lowest BCUT2D eigenvalue weighted by Crippen LogP contribution is -2.30. The van der Waals surface area contributed by atoms with Gasteiger partial charge in [0, 0.05) is 0 Å². The third-order valence-corrected chi connectivity index (χ3v) is 1.05. The van der Waals surface area contributed by atoms with Gasteiger partial charge in [-0.2, -0.15) is 5.11 Å². The van der Waals surface area contributed by atoms with Crippen LogP contribution < -0.4 is 0 Å². The van der Waals surface area contributed by atoms with Crippen LogP contribution in [0.2, 0.25) is 0 Å². The molecule has 0 saturated heterocycles. The van der Waals surface area contributed by atoms with Crippen LogP contribution in [0.15, 0.2) is 5.11 Å². The van der Waals surface area contributed by atoms with Gasteiger partial charge in [0.1, 0.15) is 0 Å². The molecular weight excluding hydrogens is 132 g/mol. The lowest BCUT2D eigenvalue weighted by Gasteiger charge is -2.13. The van der Waals surface area contributed by atoms with Gasteiger partial charge < -0.3 is 4.74 Å². The van der Waals surface area contributed by atoms with Crippen molar-refractivity contribution in [3.63, 3.8) is 0 Å². The van der Waals surface area contributed by atoms with Gasteiger partial charge in [-0.1, -0.05) is 0 Å². The number of carbonyl (C=O) groups excluding carboxylic acids is 1. The van der Waals surface area contributed by atoms with Crippen molar-refractivity contribution in [2.75, 3.05) is 6.61 Å². The highest BCUT2D eigenvalue weighted by molar-refractivity contribution is 5.79. The van der Waals surface area contributed by atoms with Crippen molar-refractivity contribution >= 4 is 5.97 Å². The van der Waals surface area contributed by atoms with Crippen LogP contribution in [-0.2, 0) is 9.53 Å². The summed E-state index contributed by atoms with van der Waals surface area (Å²) in [5, 5.41) is 3.11. The van der Waals surface area contributed by atoms with Gasteiger partial charge in [-0.3, -0.25) is 0 Å². The third kappa shape index (κ3) is 2.13. The fourth-order valence-corrected chi connectivity index (χ4v) is 0.353. The van der Waals surface area contributed by atoms with Crippen molar-refractivity contribution in [3.8, 4) is 0 Å². The summed E-state index contributed by atoms with van der Waals surface area (Å²) >= 11 is 0. The molecule has 0 aliphatic heterocycles. The maximum Gasteiger partial charge on any atom is 0.335 e. The molecule has 0 aliphatic carbocycles. The van der Waals surface area contributed by atoms with Crippen molar-refractivity contribution in [3.05, 3.63) is 0 Å². The van der Waals surface area contributed by atoms with Crippen LogP contribution in [0.5, 0.6) is 0 Å². The minimum Gasteiger partial charge on any atom is -0.464 e. The van der Waals surface area contributed by atoms with Gasteiger partial charge in [0.25, 0.3) is 0 Å². The monoisotopic (exact) mass is 144 g/mol. The van der Waals surface area contributed by atoms with Crippen LogP contribution in [0.25, 0.3) is 0 Å². The fourth-order valence-electron chi connectivity index (χ4n) is 0.353. The fraction of sp³-hybridized carbons (Fsp3) is 0.833. The van der Waals surface area contributed by atoms with E-state index in [2.05, 4.69) is 9.85 Å². The Morgan fingerprint density at radius 2 is 2.20 bits per heavy atom. The van der Waals surface area contributed by atoms with Crippen molar-refractivity contribution in [1.29, 1.82) is 5.53 Å². The molecule has 0 unspecified atom stereocenters. The first kappa shape index (κ1) is 9.07. The number of esters is 1. The van der Waals surface area contributed by atoms with Gasteiger partial charge in [0.15, 0.2) is 5.54 Å². The van der Waals surface area contributed by atoms with Crippen molar-refractivity contribution in [2.24, 2.45) is 5.11 Å². The van der Waals surface area contributed by atoms with Gasteiger partial charge in [0.2, 0.25) is 0 Å². The Kier molecular flexibility index (Phi) is 2.99. The van der Waals surface area contributed by atoms with E-state index in [-0.39, 0.29) is 0 Å². The first-order valence-electron chi connectivity index (χ1n) is 3.10. The highest BCUT2D eigenvalue weighted by Gasteiger charge is 2.27. The van der Waals surface area contributed by atoms with Crippen LogP contribution >= 0.6 is 0 Å². The van der Waals surface area contributed by atoms with Gasteiger partial charge in [-0.15, -0.1) is 0 Å². The van der Waals surface area contributed by atoms with E-state index in [0.717, 1.165) is 0 Å². The van der Waals surface area contributed by atoms with E-state index in [1.807, 2.05) is 0 Å². The van der Waals surface area contributed by atoms with Gasteiger partial charge in [-0.25, -0.2) is 10.3 Å². The number of carbonyl (C=O) groups is 1. The van der Waals surface area contributed by atoms with Crippen LogP contribution in [0.4, 0.5) is 0 Å². The average molecular weight is 144 g/mol. The summed E-state index contributed by atoms with van der Waals surface area (Å²) in [4.78, 5) is 10.9. The van der Waals surface area contributed by atoms with Gasteiger partial charge in [0.05, 0.1) is 6.61 Å². The quantitative estimate of drug-likeness (QED) is 0.480. The van der Waals surface area contributed by atoms with Crippen LogP contribution in [-0.4, -0.2) is 18.1 Å². The largest absolute Gasteiger partial charge is 0.464 e. The highest BCUT2D eigenvalue weighted by Crippen LogP contribution is 2.09. The summed E-state index contributed by atoms with van der Waals surface area (Å²) in [6.07, 6.45) is 0. The number of nitrogens with zero attached hydrogens (tertiary/aromatic N) is 1. The minimum atomic E-state index is -1.02. The van der Waals surface area contributed by atoms with Crippen LogP contribution in [0.1, 0.15) is 20.8 Å². The summed E-state index contributed by atoms with van der Waals surface area (Å²) < 4.78 is 4.64. The highest BCUT2D eigenvalue weighted by atomic mass is 16.5. The number of hydrogen-bond donors (Lipinski definition) is 1. The Bertz CT molecular complexity index is 143. The van der Waals surface area contributed by atoms with Crippen molar-refractivity contribution in [1.82, 2.24) is 0 Å². The maximum absolute atomic E-state index is 10.9. The zero-order valence-corrected chi connectivity index (χ0v) is 6.47. The van der Waals surface area contributed by atoms with Gasteiger partial charge >= 0.3 is 5.97 Å². The molecule has 1 N–H and O–H groups in total. The molecule has 0 atom stereocenters. The Morgan fingerprint density at radius 1 is 1.70 bits per heavy atom. The molecule has 0 fully saturated rings. The lowest BCUT2D eigenvalue weighted by molar-refractivity contribution is -0.148. The predicted octanol–water partition coefficient (Wildman–Crippen LogP) is 1.36. The Balaban J connectivity index is 4.04. The van der Waals surface area contributed by atoms with E-state index in [9.17, 15) is 4.79 Å². The molecular formula is C6H12N2O2. The second kappa shape index (κ2) is 3.29. The van der Waals surface area contributed by atoms with E-state index < -0.39 is 11.5 Å². The van der Waals surface area contributed by atoms with Crippen LogP contribution in [0, 0.1) is 5.53 Å². The molecule has 0 aliphatic rings. The summed E-state index contributed by atoms with van der Waals surface area (Å²) in [6.45, 7) is 5.13.